The zero-order valence-electron chi connectivity index (χ0n) is 13.8. The maximum absolute atomic E-state index is 12.5. The quantitative estimate of drug-likeness (QED) is 0.680. The first-order valence-electron chi connectivity index (χ1n) is 7.57. The topological polar surface area (TPSA) is 106 Å². The first-order chi connectivity index (χ1) is 11.4. The molecule has 1 aromatic carbocycles. The van der Waals surface area contributed by atoms with Crippen molar-refractivity contribution in [2.45, 2.75) is 20.4 Å². The van der Waals surface area contributed by atoms with Gasteiger partial charge < -0.3 is 16.0 Å². The summed E-state index contributed by atoms with van der Waals surface area (Å²) in [5.41, 5.74) is 9.68. The van der Waals surface area contributed by atoms with Gasteiger partial charge in [-0.25, -0.2) is 0 Å². The molecule has 7 heteroatoms. The van der Waals surface area contributed by atoms with E-state index in [1.165, 1.54) is 10.7 Å². The summed E-state index contributed by atoms with van der Waals surface area (Å²) >= 11 is 0. The number of hydrogen-bond acceptors (Lipinski definition) is 4. The molecule has 0 bridgehead atoms. The van der Waals surface area contributed by atoms with Crippen LogP contribution in [0.4, 0.5) is 5.69 Å². The van der Waals surface area contributed by atoms with Crippen molar-refractivity contribution in [2.75, 3.05) is 5.32 Å². The van der Waals surface area contributed by atoms with Gasteiger partial charge in [0, 0.05) is 36.2 Å². The fourth-order valence-corrected chi connectivity index (χ4v) is 2.74. The van der Waals surface area contributed by atoms with E-state index in [0.29, 0.717) is 17.1 Å². The van der Waals surface area contributed by atoms with Crippen molar-refractivity contribution in [1.29, 1.82) is 0 Å². The number of carbonyl (C=O) groups is 1. The lowest BCUT2D eigenvalue weighted by atomic mass is 10.1. The van der Waals surface area contributed by atoms with Gasteiger partial charge in [-0.15, -0.1) is 0 Å². The third-order valence-electron chi connectivity index (χ3n) is 4.02. The summed E-state index contributed by atoms with van der Waals surface area (Å²) in [6, 6.07) is 6.94. The zero-order valence-corrected chi connectivity index (χ0v) is 13.8. The Morgan fingerprint density at radius 2 is 2.00 bits per heavy atom. The molecule has 3 rings (SSSR count). The van der Waals surface area contributed by atoms with Crippen LogP contribution in [-0.2, 0) is 13.6 Å². The molecule has 0 aliphatic heterocycles. The lowest BCUT2D eigenvalue weighted by molar-refractivity contribution is 0.101. The highest BCUT2D eigenvalue weighted by Gasteiger charge is 2.14. The summed E-state index contributed by atoms with van der Waals surface area (Å²) in [6.45, 7) is 4.03. The molecule has 24 heavy (non-hydrogen) atoms. The largest absolute Gasteiger partial charge is 0.325 e. The minimum atomic E-state index is -0.255. The molecule has 0 unspecified atom stereocenters. The van der Waals surface area contributed by atoms with E-state index >= 15 is 0 Å². The third-order valence-corrected chi connectivity index (χ3v) is 4.02. The van der Waals surface area contributed by atoms with Gasteiger partial charge in [-0.3, -0.25) is 14.3 Å². The first-order valence-corrected chi connectivity index (χ1v) is 7.57. The molecule has 0 saturated carbocycles. The molecule has 2 heterocycles. The summed E-state index contributed by atoms with van der Waals surface area (Å²) in [6.07, 6.45) is 0. The Morgan fingerprint density at radius 1 is 1.25 bits per heavy atom. The molecule has 7 nitrogen and oxygen atoms in total. The number of benzene rings is 1. The van der Waals surface area contributed by atoms with Crippen LogP contribution in [0.2, 0.25) is 0 Å². The predicted molar refractivity (Wildman–Crippen MR) is 93.1 cm³/mol. The van der Waals surface area contributed by atoms with Crippen LogP contribution in [0.3, 0.4) is 0 Å². The Labute approximate surface area is 138 Å². The Morgan fingerprint density at radius 3 is 2.67 bits per heavy atom. The van der Waals surface area contributed by atoms with Gasteiger partial charge in [0.05, 0.1) is 5.69 Å². The van der Waals surface area contributed by atoms with E-state index in [4.69, 9.17) is 5.73 Å². The highest BCUT2D eigenvalue weighted by molar-refractivity contribution is 6.04. The van der Waals surface area contributed by atoms with Gasteiger partial charge in [0.2, 0.25) is 5.56 Å². The maximum Gasteiger partial charge on any atom is 0.273 e. The van der Waals surface area contributed by atoms with Crippen molar-refractivity contribution in [3.63, 3.8) is 0 Å². The van der Waals surface area contributed by atoms with Crippen molar-refractivity contribution in [3.05, 3.63) is 57.1 Å². The van der Waals surface area contributed by atoms with Crippen LogP contribution in [0.25, 0.3) is 10.9 Å². The molecular formula is C17H19N5O2. The second-order valence-corrected chi connectivity index (χ2v) is 5.83. The van der Waals surface area contributed by atoms with Gasteiger partial charge in [-0.2, -0.15) is 5.10 Å². The van der Waals surface area contributed by atoms with E-state index in [1.807, 2.05) is 26.0 Å². The fourth-order valence-electron chi connectivity index (χ4n) is 2.74. The first kappa shape index (κ1) is 15.9. The monoisotopic (exact) mass is 325 g/mol. The van der Waals surface area contributed by atoms with Gasteiger partial charge >= 0.3 is 0 Å². The van der Waals surface area contributed by atoms with Crippen LogP contribution in [-0.4, -0.2) is 20.7 Å². The third kappa shape index (κ3) is 2.81. The number of aryl methyl sites for hydroxylation is 3. The summed E-state index contributed by atoms with van der Waals surface area (Å²) in [7, 11) is 1.70. The lowest BCUT2D eigenvalue weighted by Crippen LogP contribution is -2.17. The van der Waals surface area contributed by atoms with Crippen LogP contribution in [0.5, 0.6) is 0 Å². The molecule has 0 spiro atoms. The highest BCUT2D eigenvalue weighted by atomic mass is 16.2. The molecule has 0 fully saturated rings. The van der Waals surface area contributed by atoms with Crippen LogP contribution in [0.15, 0.2) is 29.1 Å². The van der Waals surface area contributed by atoms with E-state index in [-0.39, 0.29) is 18.0 Å². The normalized spacial score (nSPS) is 11.0. The fraction of sp³-hybridized carbons (Fsp3) is 0.235. The number of H-pyrrole nitrogens is 1. The SMILES string of the molecule is Cc1cc2[nH]c(=O)cc(C)c2cc1NC(=O)c1cc(CN)nn1C. The number of amides is 1. The maximum atomic E-state index is 12.5. The molecule has 2 aromatic heterocycles. The second kappa shape index (κ2) is 5.93. The molecule has 0 radical (unpaired) electrons. The van der Waals surface area contributed by atoms with Crippen molar-refractivity contribution >= 4 is 22.5 Å². The van der Waals surface area contributed by atoms with Crippen molar-refractivity contribution < 1.29 is 4.79 Å². The average Bonchev–Trinajstić information content (AvgIpc) is 2.89. The van der Waals surface area contributed by atoms with Crippen LogP contribution < -0.4 is 16.6 Å². The van der Waals surface area contributed by atoms with Crippen molar-refractivity contribution in [2.24, 2.45) is 12.8 Å². The number of fused-ring (bicyclic) bond motifs is 1. The van der Waals surface area contributed by atoms with Gasteiger partial charge in [0.15, 0.2) is 0 Å². The van der Waals surface area contributed by atoms with Crippen LogP contribution >= 0.6 is 0 Å². The number of aromatic amines is 1. The number of aromatic nitrogens is 3. The predicted octanol–water partition coefficient (Wildman–Crippen LogP) is 1.59. The standard InChI is InChI=1S/C17H19N5O2/c1-9-5-16(23)19-14-4-10(2)13(7-12(9)14)20-17(24)15-6-11(8-18)21-22(15)3/h4-7H,8,18H2,1-3H3,(H,19,23)(H,20,24). The van der Waals surface area contributed by atoms with Gasteiger partial charge in [0.1, 0.15) is 5.69 Å². The second-order valence-electron chi connectivity index (χ2n) is 5.83. The molecule has 1 amide bonds. The van der Waals surface area contributed by atoms with E-state index in [9.17, 15) is 9.59 Å². The van der Waals surface area contributed by atoms with Gasteiger partial charge in [-0.1, -0.05) is 0 Å². The number of nitrogens with one attached hydrogen (secondary N) is 2. The molecular weight excluding hydrogens is 306 g/mol. The number of anilines is 1. The number of rotatable bonds is 3. The summed E-state index contributed by atoms with van der Waals surface area (Å²) in [4.78, 5) is 26.9. The molecule has 3 aromatic rings. The van der Waals surface area contributed by atoms with Crippen LogP contribution in [0, 0.1) is 13.8 Å². The molecule has 4 N–H and O–H groups in total. The number of nitrogens with zero attached hydrogens (tertiary/aromatic N) is 2. The molecule has 0 atom stereocenters. The van der Waals surface area contributed by atoms with E-state index in [2.05, 4.69) is 15.4 Å². The average molecular weight is 325 g/mol. The van der Waals surface area contributed by atoms with Crippen molar-refractivity contribution in [3.8, 4) is 0 Å². The summed E-state index contributed by atoms with van der Waals surface area (Å²) < 4.78 is 1.51. The molecule has 0 aliphatic rings. The molecule has 124 valence electrons. The Hall–Kier alpha value is -2.93. The number of nitrogens with two attached hydrogens (primary N) is 1. The Balaban J connectivity index is 2.00. The van der Waals surface area contributed by atoms with Crippen LogP contribution in [0.1, 0.15) is 27.3 Å². The number of pyridine rings is 1. The Kier molecular flexibility index (Phi) is 3.94. The van der Waals surface area contributed by atoms with E-state index in [0.717, 1.165) is 22.0 Å². The number of carbonyl (C=O) groups excluding carboxylic acids is 1. The summed E-state index contributed by atoms with van der Waals surface area (Å²) in [5, 5.41) is 7.98. The van der Waals surface area contributed by atoms with Gasteiger partial charge in [0.25, 0.3) is 5.91 Å². The molecule has 0 aliphatic carbocycles. The highest BCUT2D eigenvalue weighted by Crippen LogP contribution is 2.24. The lowest BCUT2D eigenvalue weighted by Gasteiger charge is -2.11. The van der Waals surface area contributed by atoms with Crippen molar-refractivity contribution in [1.82, 2.24) is 14.8 Å². The molecule has 0 saturated heterocycles. The van der Waals surface area contributed by atoms with Gasteiger partial charge in [-0.05, 0) is 43.2 Å². The van der Waals surface area contributed by atoms with E-state index < -0.39 is 0 Å². The zero-order chi connectivity index (χ0) is 17.4. The Bertz CT molecular complexity index is 1000. The van der Waals surface area contributed by atoms with E-state index in [1.54, 1.807) is 13.1 Å². The number of hydrogen-bond donors (Lipinski definition) is 3. The summed E-state index contributed by atoms with van der Waals surface area (Å²) in [5.74, 6) is -0.255. The smallest absolute Gasteiger partial charge is 0.273 e. The minimum absolute atomic E-state index is 0.139. The minimum Gasteiger partial charge on any atom is -0.325 e.